The Bertz CT molecular complexity index is 375. The van der Waals surface area contributed by atoms with Crippen molar-refractivity contribution in [1.29, 1.82) is 0 Å². The highest BCUT2D eigenvalue weighted by atomic mass is 32.2. The molecule has 0 aliphatic carbocycles. The summed E-state index contributed by atoms with van der Waals surface area (Å²) in [5.74, 6) is -1.72. The number of hydrogen-bond acceptors (Lipinski definition) is 6. The van der Waals surface area contributed by atoms with Crippen molar-refractivity contribution >= 4 is 40.4 Å². The first-order valence-electron chi connectivity index (χ1n) is 5.74. The number of carbonyl (C=O) groups is 5. The third-order valence-electron chi connectivity index (χ3n) is 1.83. The van der Waals surface area contributed by atoms with Crippen molar-refractivity contribution in [3.63, 3.8) is 0 Å². The van der Waals surface area contributed by atoms with Gasteiger partial charge in [-0.2, -0.15) is 0 Å². The van der Waals surface area contributed by atoms with Crippen molar-refractivity contribution in [2.24, 2.45) is 0 Å². The second-order valence-electron chi connectivity index (χ2n) is 3.81. The molecular weight excluding hydrogens is 286 g/mol. The molecule has 0 atom stereocenters. The van der Waals surface area contributed by atoms with Crippen LogP contribution in [0, 0.1) is 0 Å². The van der Waals surface area contributed by atoms with Gasteiger partial charge < -0.3 is 16.0 Å². The molecule has 0 saturated carbocycles. The van der Waals surface area contributed by atoms with Gasteiger partial charge >= 0.3 is 0 Å². The molecule has 0 rings (SSSR count). The third kappa shape index (κ3) is 11.2. The summed E-state index contributed by atoms with van der Waals surface area (Å²) < 4.78 is 0. The average Bonchev–Trinajstić information content (AvgIpc) is 2.37. The maximum atomic E-state index is 11.3. The Morgan fingerprint density at radius 1 is 0.750 bits per heavy atom. The van der Waals surface area contributed by atoms with Crippen LogP contribution in [0.4, 0.5) is 0 Å². The Labute approximate surface area is 120 Å². The van der Waals surface area contributed by atoms with Crippen molar-refractivity contribution in [2.45, 2.75) is 13.8 Å². The molecule has 0 heterocycles. The lowest BCUT2D eigenvalue weighted by atomic mass is 10.4. The van der Waals surface area contributed by atoms with Crippen LogP contribution in [-0.4, -0.2) is 54.0 Å². The topological polar surface area (TPSA) is 121 Å². The number of ketones is 1. The summed E-state index contributed by atoms with van der Waals surface area (Å²) in [6.45, 7) is 2.02. The normalized spacial score (nSPS) is 9.50. The molecule has 0 radical (unpaired) electrons. The second kappa shape index (κ2) is 9.96. The molecule has 3 N–H and O–H groups in total. The van der Waals surface area contributed by atoms with Gasteiger partial charge in [-0.15, -0.1) is 0 Å². The fraction of sp³-hybridized carbons (Fsp3) is 0.545. The lowest BCUT2D eigenvalue weighted by Gasteiger charge is -2.06. The van der Waals surface area contributed by atoms with E-state index in [4.69, 9.17) is 0 Å². The Morgan fingerprint density at radius 3 is 1.65 bits per heavy atom. The van der Waals surface area contributed by atoms with Crippen LogP contribution < -0.4 is 16.0 Å². The van der Waals surface area contributed by atoms with E-state index >= 15 is 0 Å². The van der Waals surface area contributed by atoms with Crippen LogP contribution in [0.1, 0.15) is 13.8 Å². The number of carbonyl (C=O) groups excluding carboxylic acids is 5. The van der Waals surface area contributed by atoms with E-state index in [0.29, 0.717) is 0 Å². The lowest BCUT2D eigenvalue weighted by molar-refractivity contribution is -0.127. The van der Waals surface area contributed by atoms with Gasteiger partial charge in [0, 0.05) is 6.92 Å². The molecule has 0 aromatic carbocycles. The second-order valence-corrected chi connectivity index (χ2v) is 4.96. The Balaban J connectivity index is 3.73. The molecule has 0 saturated heterocycles. The summed E-state index contributed by atoms with van der Waals surface area (Å²) >= 11 is 0.840. The minimum absolute atomic E-state index is 0.0539. The van der Waals surface area contributed by atoms with Gasteiger partial charge in [-0.05, 0) is 6.92 Å². The predicted molar refractivity (Wildman–Crippen MR) is 72.8 cm³/mol. The molecule has 0 aromatic heterocycles. The van der Waals surface area contributed by atoms with E-state index in [2.05, 4.69) is 16.0 Å². The summed E-state index contributed by atoms with van der Waals surface area (Å²) in [5.41, 5.74) is 0. The average molecular weight is 303 g/mol. The van der Waals surface area contributed by atoms with E-state index in [-0.39, 0.29) is 36.3 Å². The zero-order valence-electron chi connectivity index (χ0n) is 11.3. The molecule has 9 heteroatoms. The first-order chi connectivity index (χ1) is 9.31. The molecule has 3 amide bonds. The largest absolute Gasteiger partial charge is 0.348 e. The van der Waals surface area contributed by atoms with Crippen LogP contribution in [0.5, 0.6) is 0 Å². The molecular formula is C11H17N3O5S. The van der Waals surface area contributed by atoms with Gasteiger partial charge in [0.2, 0.25) is 17.7 Å². The van der Waals surface area contributed by atoms with Crippen molar-refractivity contribution in [3.05, 3.63) is 0 Å². The monoisotopic (exact) mass is 303 g/mol. The molecule has 0 aromatic rings. The van der Waals surface area contributed by atoms with Gasteiger partial charge in [-0.1, -0.05) is 11.8 Å². The van der Waals surface area contributed by atoms with Crippen LogP contribution in [-0.2, 0) is 24.0 Å². The summed E-state index contributed by atoms with van der Waals surface area (Å²) in [6, 6.07) is 0. The number of hydrogen-bond donors (Lipinski definition) is 3. The predicted octanol–water partition coefficient (Wildman–Crippen LogP) is -1.80. The van der Waals surface area contributed by atoms with E-state index in [1.165, 1.54) is 13.8 Å². The Kier molecular flexibility index (Phi) is 9.01. The first kappa shape index (κ1) is 18.1. The van der Waals surface area contributed by atoms with E-state index in [1.54, 1.807) is 0 Å². The maximum Gasteiger partial charge on any atom is 0.239 e. The fourth-order valence-electron chi connectivity index (χ4n) is 0.924. The van der Waals surface area contributed by atoms with Gasteiger partial charge in [0.05, 0.1) is 25.4 Å². The van der Waals surface area contributed by atoms with E-state index in [1.807, 2.05) is 0 Å². The van der Waals surface area contributed by atoms with E-state index < -0.39 is 17.7 Å². The number of amides is 3. The zero-order chi connectivity index (χ0) is 15.5. The van der Waals surface area contributed by atoms with Crippen LogP contribution >= 0.6 is 11.8 Å². The van der Waals surface area contributed by atoms with Crippen LogP contribution in [0.15, 0.2) is 0 Å². The highest BCUT2D eigenvalue weighted by Crippen LogP contribution is 1.98. The highest BCUT2D eigenvalue weighted by molar-refractivity contribution is 8.14. The summed E-state index contributed by atoms with van der Waals surface area (Å²) in [4.78, 5) is 54.8. The smallest absolute Gasteiger partial charge is 0.239 e. The SMILES string of the molecule is CC(=O)CNC(=O)CNC(=O)CNC(=O)CSC(C)=O. The molecule has 0 aliphatic heterocycles. The van der Waals surface area contributed by atoms with Gasteiger partial charge in [0.15, 0.2) is 5.12 Å². The van der Waals surface area contributed by atoms with Gasteiger partial charge in [-0.25, -0.2) is 0 Å². The van der Waals surface area contributed by atoms with Crippen molar-refractivity contribution < 1.29 is 24.0 Å². The van der Waals surface area contributed by atoms with Crippen LogP contribution in [0.2, 0.25) is 0 Å². The van der Waals surface area contributed by atoms with Gasteiger partial charge in [0.25, 0.3) is 0 Å². The Hall–Kier alpha value is -1.90. The number of rotatable bonds is 8. The summed E-state index contributed by atoms with van der Waals surface area (Å²) in [7, 11) is 0. The minimum Gasteiger partial charge on any atom is -0.348 e. The highest BCUT2D eigenvalue weighted by Gasteiger charge is 2.08. The van der Waals surface area contributed by atoms with E-state index in [0.717, 1.165) is 11.8 Å². The molecule has 8 nitrogen and oxygen atoms in total. The minimum atomic E-state index is -0.538. The maximum absolute atomic E-state index is 11.3. The first-order valence-corrected chi connectivity index (χ1v) is 6.72. The standard InChI is InChI=1S/C11H17N3O5S/c1-7(15)3-12-9(17)4-13-10(18)5-14-11(19)6-20-8(2)16/h3-6H2,1-2H3,(H,12,17)(H,13,18)(H,14,19). The van der Waals surface area contributed by atoms with Gasteiger partial charge in [-0.3, -0.25) is 24.0 Å². The van der Waals surface area contributed by atoms with Crippen LogP contribution in [0.25, 0.3) is 0 Å². The number of Topliss-reactive ketones (excluding diaryl/α,β-unsaturated/α-hetero) is 1. The molecule has 0 unspecified atom stereocenters. The summed E-state index contributed by atoms with van der Waals surface area (Å²) in [5, 5.41) is 6.69. The molecule has 112 valence electrons. The number of nitrogens with one attached hydrogen (secondary N) is 3. The quantitative estimate of drug-likeness (QED) is 0.486. The summed E-state index contributed by atoms with van der Waals surface area (Å²) in [6.07, 6.45) is 0. The van der Waals surface area contributed by atoms with Crippen molar-refractivity contribution in [2.75, 3.05) is 25.4 Å². The molecule has 0 bridgehead atoms. The molecule has 0 fully saturated rings. The fourth-order valence-corrected chi connectivity index (χ4v) is 1.36. The van der Waals surface area contributed by atoms with E-state index in [9.17, 15) is 24.0 Å². The zero-order valence-corrected chi connectivity index (χ0v) is 12.1. The number of thioether (sulfide) groups is 1. The Morgan fingerprint density at radius 2 is 1.20 bits per heavy atom. The molecule has 20 heavy (non-hydrogen) atoms. The lowest BCUT2D eigenvalue weighted by Crippen LogP contribution is -2.43. The van der Waals surface area contributed by atoms with Crippen LogP contribution in [0.3, 0.4) is 0 Å². The van der Waals surface area contributed by atoms with Gasteiger partial charge in [0.1, 0.15) is 5.78 Å². The third-order valence-corrected chi connectivity index (χ3v) is 2.65. The molecule has 0 aliphatic rings. The molecule has 0 spiro atoms. The van der Waals surface area contributed by atoms with Crippen molar-refractivity contribution in [1.82, 2.24) is 16.0 Å². The van der Waals surface area contributed by atoms with Crippen molar-refractivity contribution in [3.8, 4) is 0 Å².